The number of carbonyl (C=O) groups is 3. The maximum atomic E-state index is 11.1. The molecule has 0 aromatic carbocycles. The molecule has 38 heavy (non-hydrogen) atoms. The van der Waals surface area contributed by atoms with Crippen LogP contribution in [0.15, 0.2) is 0 Å². The number of aliphatic carboxylic acids is 3. The number of rotatable bonds is 14. The van der Waals surface area contributed by atoms with Crippen LogP contribution in [0.4, 0.5) is 0 Å². The predicted molar refractivity (Wildman–Crippen MR) is 147 cm³/mol. The van der Waals surface area contributed by atoms with Gasteiger partial charge in [-0.15, -0.1) is 0 Å². The highest BCUT2D eigenvalue weighted by Gasteiger charge is 2.39. The van der Waals surface area contributed by atoms with Gasteiger partial charge < -0.3 is 48.3 Å². The fraction of sp³-hybridized carbons (Fsp3) is 0.893. The van der Waals surface area contributed by atoms with Crippen molar-refractivity contribution in [1.29, 1.82) is 0 Å². The first-order chi connectivity index (χ1) is 16.8. The smallest absolute Gasteiger partial charge is 0.117 e. The van der Waals surface area contributed by atoms with E-state index in [9.17, 15) is 34.8 Å². The molecule has 0 amide bonds. The Morgan fingerprint density at radius 1 is 0.632 bits per heavy atom. The van der Waals surface area contributed by atoms with Gasteiger partial charge in [0.1, 0.15) is 5.60 Å². The summed E-state index contributed by atoms with van der Waals surface area (Å²) in [6, 6.07) is 0. The van der Waals surface area contributed by atoms with Crippen LogP contribution >= 0.6 is 0 Å². The van der Waals surface area contributed by atoms with Crippen molar-refractivity contribution >= 4 is 17.9 Å². The van der Waals surface area contributed by atoms with Crippen LogP contribution in [0.2, 0.25) is 0 Å². The van der Waals surface area contributed by atoms with Gasteiger partial charge in [-0.1, -0.05) is 58.3 Å². The van der Waals surface area contributed by atoms with E-state index >= 15 is 0 Å². The molecule has 0 radical (unpaired) electrons. The number of carboxylic acids is 3. The standard InChI is InChI=1S/C16H28O7.3C4H12N/c1-2-3-4-5-6-7-8-9-10-12(14(19)20)16(23,15(21)22)11-13(17)18;3*1-5(2,3)4/h12,23H,2-11H2,1H3,(H,17,18)(H,19,20)(H,21,22);3*1-4H3/q;3*+1/p-3. The molecule has 10 nitrogen and oxygen atoms in total. The normalized spacial score (nSPS) is 13.7. The Labute approximate surface area is 233 Å². The fourth-order valence-electron chi connectivity index (χ4n) is 2.59. The lowest BCUT2D eigenvalue weighted by atomic mass is 9.81. The van der Waals surface area contributed by atoms with Gasteiger partial charge in [0.05, 0.1) is 90.5 Å². The molecule has 0 aromatic heterocycles. The lowest BCUT2D eigenvalue weighted by Gasteiger charge is -2.38. The number of nitrogens with zero attached hydrogens (tertiary/aromatic N) is 3. The Hall–Kier alpha value is -1.75. The SMILES string of the molecule is CCCCCCCCCCC(C(=O)[O-])C(O)(CC(=O)[O-])C(=O)[O-].C[N+](C)(C)C.C[N+](C)(C)C.C[N+](C)(C)C. The number of hydrogen-bond donors (Lipinski definition) is 1. The number of quaternary nitrogens is 3. The van der Waals surface area contributed by atoms with Crippen LogP contribution in [-0.2, 0) is 14.4 Å². The van der Waals surface area contributed by atoms with E-state index in [1.807, 2.05) is 0 Å². The number of aliphatic hydroxyl groups is 1. The molecule has 10 heteroatoms. The summed E-state index contributed by atoms with van der Waals surface area (Å²) in [6.45, 7) is 2.12. The fourth-order valence-corrected chi connectivity index (χ4v) is 2.59. The highest BCUT2D eigenvalue weighted by Crippen LogP contribution is 2.26. The molecule has 0 aliphatic heterocycles. The van der Waals surface area contributed by atoms with E-state index in [2.05, 4.69) is 91.5 Å². The topological polar surface area (TPSA) is 141 Å². The number of hydrogen-bond acceptors (Lipinski definition) is 7. The summed E-state index contributed by atoms with van der Waals surface area (Å²) in [7, 11) is 25.5. The minimum Gasteiger partial charge on any atom is -0.550 e. The van der Waals surface area contributed by atoms with Crippen molar-refractivity contribution in [1.82, 2.24) is 0 Å². The van der Waals surface area contributed by atoms with Crippen LogP contribution in [0.1, 0.15) is 71.1 Å². The average molecular weight is 552 g/mol. The first kappa shape index (κ1) is 43.3. The van der Waals surface area contributed by atoms with E-state index in [0.29, 0.717) is 12.8 Å². The molecule has 0 rings (SSSR count). The van der Waals surface area contributed by atoms with Gasteiger partial charge in [0.2, 0.25) is 0 Å². The summed E-state index contributed by atoms with van der Waals surface area (Å²) in [4.78, 5) is 32.7. The first-order valence-corrected chi connectivity index (χ1v) is 13.5. The van der Waals surface area contributed by atoms with Crippen molar-refractivity contribution in [2.24, 2.45) is 5.92 Å². The molecule has 0 saturated heterocycles. The molecule has 0 aliphatic carbocycles. The van der Waals surface area contributed by atoms with Crippen LogP contribution in [0.5, 0.6) is 0 Å². The zero-order valence-corrected chi connectivity index (χ0v) is 26.9. The molecule has 0 aromatic rings. The zero-order valence-electron chi connectivity index (χ0n) is 26.9. The molecule has 2 atom stereocenters. The molecule has 0 aliphatic rings. The third-order valence-electron chi connectivity index (χ3n) is 3.97. The summed E-state index contributed by atoms with van der Waals surface area (Å²) >= 11 is 0. The monoisotopic (exact) mass is 551 g/mol. The highest BCUT2D eigenvalue weighted by atomic mass is 16.4. The highest BCUT2D eigenvalue weighted by molar-refractivity contribution is 5.87. The minimum absolute atomic E-state index is 0.185. The van der Waals surface area contributed by atoms with Gasteiger partial charge in [0.25, 0.3) is 0 Å². The van der Waals surface area contributed by atoms with E-state index in [0.717, 1.165) is 45.6 Å². The average Bonchev–Trinajstić information content (AvgIpc) is 2.61. The summed E-state index contributed by atoms with van der Waals surface area (Å²) in [6.07, 6.45) is 5.93. The van der Waals surface area contributed by atoms with E-state index in [1.165, 1.54) is 6.42 Å². The van der Waals surface area contributed by atoms with Crippen molar-refractivity contribution < 1.29 is 48.3 Å². The molecular formula is C28H61N3O7. The van der Waals surface area contributed by atoms with Crippen molar-refractivity contribution in [3.05, 3.63) is 0 Å². The number of carbonyl (C=O) groups excluding carboxylic acids is 3. The van der Waals surface area contributed by atoms with Gasteiger partial charge in [-0.3, -0.25) is 0 Å². The van der Waals surface area contributed by atoms with Crippen LogP contribution < -0.4 is 15.3 Å². The zero-order chi connectivity index (χ0) is 31.4. The summed E-state index contributed by atoms with van der Waals surface area (Å²) in [5.74, 6) is -7.65. The minimum atomic E-state index is -3.02. The quantitative estimate of drug-likeness (QED) is 0.226. The first-order valence-electron chi connectivity index (χ1n) is 13.5. The molecule has 2 unspecified atom stereocenters. The lowest BCUT2D eigenvalue weighted by Crippen LogP contribution is -2.60. The molecule has 0 bridgehead atoms. The predicted octanol–water partition coefficient (Wildman–Crippen LogP) is -0.528. The van der Waals surface area contributed by atoms with Crippen molar-refractivity contribution in [2.75, 3.05) is 84.6 Å². The van der Waals surface area contributed by atoms with Gasteiger partial charge in [-0.25, -0.2) is 0 Å². The Balaban J connectivity index is -0.000000311. The second-order valence-electron chi connectivity index (χ2n) is 13.9. The van der Waals surface area contributed by atoms with Gasteiger partial charge in [-0.05, 0) is 6.42 Å². The van der Waals surface area contributed by atoms with Crippen LogP contribution in [-0.4, -0.2) is 127 Å². The van der Waals surface area contributed by atoms with Crippen LogP contribution in [0.25, 0.3) is 0 Å². The van der Waals surface area contributed by atoms with Crippen LogP contribution in [0.3, 0.4) is 0 Å². The number of carboxylic acid groups (broad SMARTS) is 3. The largest absolute Gasteiger partial charge is 0.550 e. The summed E-state index contributed by atoms with van der Waals surface area (Å²) < 4.78 is 3.00. The van der Waals surface area contributed by atoms with Gasteiger partial charge in [0.15, 0.2) is 0 Å². The summed E-state index contributed by atoms with van der Waals surface area (Å²) in [5.41, 5.74) is -3.02. The van der Waals surface area contributed by atoms with Gasteiger partial charge >= 0.3 is 0 Å². The van der Waals surface area contributed by atoms with Gasteiger partial charge in [0, 0.05) is 24.3 Å². The van der Waals surface area contributed by atoms with Crippen molar-refractivity contribution in [3.8, 4) is 0 Å². The molecule has 0 fully saturated rings. The number of unbranched alkanes of at least 4 members (excludes halogenated alkanes) is 7. The maximum absolute atomic E-state index is 11.1. The van der Waals surface area contributed by atoms with Gasteiger partial charge in [-0.2, -0.15) is 0 Å². The molecule has 1 N–H and O–H groups in total. The van der Waals surface area contributed by atoms with E-state index in [1.54, 1.807) is 0 Å². The Bertz CT molecular complexity index is 589. The molecule has 0 spiro atoms. The van der Waals surface area contributed by atoms with Crippen molar-refractivity contribution in [3.63, 3.8) is 0 Å². The molecule has 0 saturated carbocycles. The second-order valence-corrected chi connectivity index (χ2v) is 13.9. The molecular weight excluding hydrogens is 490 g/mol. The van der Waals surface area contributed by atoms with Crippen molar-refractivity contribution in [2.45, 2.75) is 76.7 Å². The van der Waals surface area contributed by atoms with E-state index < -0.39 is 35.8 Å². The molecule has 230 valence electrons. The Kier molecular flexibility index (Phi) is 24.1. The molecule has 0 heterocycles. The van der Waals surface area contributed by atoms with E-state index in [4.69, 9.17) is 0 Å². The third-order valence-corrected chi connectivity index (χ3v) is 3.97. The maximum Gasteiger partial charge on any atom is 0.117 e. The Morgan fingerprint density at radius 3 is 1.16 bits per heavy atom. The second kappa shape index (κ2) is 21.1. The summed E-state index contributed by atoms with van der Waals surface area (Å²) in [5, 5.41) is 42.5. The van der Waals surface area contributed by atoms with E-state index in [-0.39, 0.29) is 6.42 Å². The van der Waals surface area contributed by atoms with Crippen LogP contribution in [0, 0.1) is 5.92 Å². The lowest BCUT2D eigenvalue weighted by molar-refractivity contribution is -0.849. The Morgan fingerprint density at radius 2 is 0.921 bits per heavy atom. The third kappa shape index (κ3) is 44.3.